The minimum atomic E-state index is 0.371. The second kappa shape index (κ2) is 5.47. The van der Waals surface area contributed by atoms with E-state index in [2.05, 4.69) is 55.3 Å². The van der Waals surface area contributed by atoms with Gasteiger partial charge in [-0.3, -0.25) is 5.32 Å². The van der Waals surface area contributed by atoms with Crippen LogP contribution in [0.25, 0.3) is 0 Å². The molecule has 0 fully saturated rings. The Morgan fingerprint density at radius 3 is 2.86 bits per heavy atom. The molecule has 0 unspecified atom stereocenters. The van der Waals surface area contributed by atoms with Gasteiger partial charge in [-0.2, -0.15) is 0 Å². The van der Waals surface area contributed by atoms with Crippen molar-refractivity contribution in [3.05, 3.63) is 35.4 Å². The maximum atomic E-state index is 3.35. The zero-order chi connectivity index (χ0) is 10.4. The Balaban J connectivity index is 2.58. The van der Waals surface area contributed by atoms with Gasteiger partial charge in [0.2, 0.25) is 0 Å². The normalized spacial score (nSPS) is 11.6. The molecule has 0 amide bonds. The van der Waals surface area contributed by atoms with Crippen molar-refractivity contribution in [2.75, 3.05) is 6.54 Å². The molecule has 0 aliphatic heterocycles. The Morgan fingerprint density at radius 1 is 1.43 bits per heavy atom. The maximum absolute atomic E-state index is 3.35. The van der Waals surface area contributed by atoms with Crippen molar-refractivity contribution in [3.63, 3.8) is 0 Å². The predicted octanol–water partition coefficient (Wildman–Crippen LogP) is 2.67. The van der Waals surface area contributed by atoms with E-state index in [1.54, 1.807) is 0 Å². The highest BCUT2D eigenvalue weighted by Crippen LogP contribution is 2.12. The largest absolute Gasteiger partial charge is 0.300 e. The van der Waals surface area contributed by atoms with Crippen molar-refractivity contribution in [2.45, 2.75) is 26.8 Å². The average Bonchev–Trinajstić information content (AvgIpc) is 2.18. The smallest absolute Gasteiger partial charge is 0.0581 e. The summed E-state index contributed by atoms with van der Waals surface area (Å²) < 4.78 is 0. The quantitative estimate of drug-likeness (QED) is 0.717. The Morgan fingerprint density at radius 2 is 2.21 bits per heavy atom. The highest BCUT2D eigenvalue weighted by molar-refractivity contribution is 5.24. The van der Waals surface area contributed by atoms with Gasteiger partial charge in [0.15, 0.2) is 0 Å². The van der Waals surface area contributed by atoms with Crippen molar-refractivity contribution >= 4 is 0 Å². The third kappa shape index (κ3) is 3.24. The molecule has 1 rings (SSSR count). The van der Waals surface area contributed by atoms with Crippen LogP contribution in [0.2, 0.25) is 0 Å². The molecule has 74 valence electrons. The fourth-order valence-corrected chi connectivity index (χ4v) is 1.35. The summed E-state index contributed by atoms with van der Waals surface area (Å²) in [5, 5.41) is 3.35. The third-order valence-corrected chi connectivity index (χ3v) is 2.22. The molecular formula is C13H17N. The SMILES string of the molecule is CC#CCN[C@@H](C)c1cccc(C)c1. The number of hydrogen-bond donors (Lipinski definition) is 1. The summed E-state index contributed by atoms with van der Waals surface area (Å²) in [6.45, 7) is 6.89. The zero-order valence-corrected chi connectivity index (χ0v) is 9.09. The number of rotatable bonds is 3. The Labute approximate surface area is 86.5 Å². The van der Waals surface area contributed by atoms with Crippen LogP contribution >= 0.6 is 0 Å². The molecule has 1 aromatic rings. The minimum Gasteiger partial charge on any atom is -0.300 e. The first-order chi connectivity index (χ1) is 6.74. The van der Waals surface area contributed by atoms with Gasteiger partial charge in [-0.1, -0.05) is 35.7 Å². The van der Waals surface area contributed by atoms with Crippen LogP contribution in [0.4, 0.5) is 0 Å². The standard InChI is InChI=1S/C13H17N/c1-4-5-9-14-12(3)13-8-6-7-11(2)10-13/h6-8,10,12,14H,9H2,1-3H3/t12-/m0/s1. The van der Waals surface area contributed by atoms with Crippen molar-refractivity contribution in [1.29, 1.82) is 0 Å². The van der Waals surface area contributed by atoms with E-state index in [1.165, 1.54) is 11.1 Å². The first-order valence-electron chi connectivity index (χ1n) is 4.93. The molecule has 14 heavy (non-hydrogen) atoms. The van der Waals surface area contributed by atoms with Crippen LogP contribution in [0.5, 0.6) is 0 Å². The van der Waals surface area contributed by atoms with Crippen LogP contribution in [0.3, 0.4) is 0 Å². The first kappa shape index (κ1) is 10.8. The fourth-order valence-electron chi connectivity index (χ4n) is 1.35. The van der Waals surface area contributed by atoms with Crippen molar-refractivity contribution in [1.82, 2.24) is 5.32 Å². The molecule has 0 radical (unpaired) electrons. The monoisotopic (exact) mass is 187 g/mol. The molecule has 0 saturated heterocycles. The Kier molecular flexibility index (Phi) is 4.22. The summed E-state index contributed by atoms with van der Waals surface area (Å²) in [7, 11) is 0. The first-order valence-corrected chi connectivity index (χ1v) is 4.93. The van der Waals surface area contributed by atoms with Gasteiger partial charge in [-0.05, 0) is 26.3 Å². The van der Waals surface area contributed by atoms with Gasteiger partial charge in [-0.25, -0.2) is 0 Å². The van der Waals surface area contributed by atoms with Crippen molar-refractivity contribution in [2.24, 2.45) is 0 Å². The minimum absolute atomic E-state index is 0.371. The molecule has 0 spiro atoms. The van der Waals surface area contributed by atoms with E-state index in [4.69, 9.17) is 0 Å². The second-order valence-electron chi connectivity index (χ2n) is 3.44. The molecule has 0 aliphatic carbocycles. The lowest BCUT2D eigenvalue weighted by Crippen LogP contribution is -2.18. The molecule has 0 heterocycles. The highest BCUT2D eigenvalue weighted by atomic mass is 14.9. The molecule has 1 aromatic carbocycles. The topological polar surface area (TPSA) is 12.0 Å². The molecule has 1 nitrogen and oxygen atoms in total. The fraction of sp³-hybridized carbons (Fsp3) is 0.385. The summed E-state index contributed by atoms with van der Waals surface area (Å²) in [6.07, 6.45) is 0. The number of aryl methyl sites for hydroxylation is 1. The van der Waals surface area contributed by atoms with Gasteiger partial charge < -0.3 is 0 Å². The van der Waals surface area contributed by atoms with Crippen LogP contribution in [0.15, 0.2) is 24.3 Å². The van der Waals surface area contributed by atoms with Crippen LogP contribution in [-0.2, 0) is 0 Å². The highest BCUT2D eigenvalue weighted by Gasteiger charge is 2.02. The van der Waals surface area contributed by atoms with Gasteiger partial charge in [0.1, 0.15) is 0 Å². The van der Waals surface area contributed by atoms with E-state index in [0.717, 1.165) is 6.54 Å². The zero-order valence-electron chi connectivity index (χ0n) is 9.09. The third-order valence-electron chi connectivity index (χ3n) is 2.22. The van der Waals surface area contributed by atoms with Gasteiger partial charge >= 0.3 is 0 Å². The van der Waals surface area contributed by atoms with Crippen LogP contribution < -0.4 is 5.32 Å². The van der Waals surface area contributed by atoms with E-state index in [9.17, 15) is 0 Å². The molecule has 1 atom stereocenters. The van der Waals surface area contributed by atoms with Gasteiger partial charge in [-0.15, -0.1) is 5.92 Å². The lowest BCUT2D eigenvalue weighted by Gasteiger charge is -2.12. The van der Waals surface area contributed by atoms with Gasteiger partial charge in [0.25, 0.3) is 0 Å². The van der Waals surface area contributed by atoms with E-state index in [1.807, 2.05) is 6.92 Å². The maximum Gasteiger partial charge on any atom is 0.0581 e. The number of benzene rings is 1. The lowest BCUT2D eigenvalue weighted by molar-refractivity contribution is 0.623. The summed E-state index contributed by atoms with van der Waals surface area (Å²) in [5.41, 5.74) is 2.63. The van der Waals surface area contributed by atoms with Crippen molar-refractivity contribution in [3.8, 4) is 11.8 Å². The summed E-state index contributed by atoms with van der Waals surface area (Å²) in [4.78, 5) is 0. The predicted molar refractivity (Wildman–Crippen MR) is 61.0 cm³/mol. The molecular weight excluding hydrogens is 170 g/mol. The Hall–Kier alpha value is -1.26. The molecule has 0 saturated carbocycles. The number of hydrogen-bond acceptors (Lipinski definition) is 1. The lowest BCUT2D eigenvalue weighted by atomic mass is 10.1. The average molecular weight is 187 g/mol. The van der Waals surface area contributed by atoms with E-state index < -0.39 is 0 Å². The molecule has 0 bridgehead atoms. The van der Waals surface area contributed by atoms with Gasteiger partial charge in [0.05, 0.1) is 6.54 Å². The Bertz CT molecular complexity index is 344. The molecule has 1 heteroatoms. The second-order valence-corrected chi connectivity index (χ2v) is 3.44. The summed E-state index contributed by atoms with van der Waals surface area (Å²) >= 11 is 0. The summed E-state index contributed by atoms with van der Waals surface area (Å²) in [6, 6.07) is 8.92. The van der Waals surface area contributed by atoms with Crippen molar-refractivity contribution < 1.29 is 0 Å². The van der Waals surface area contributed by atoms with E-state index in [0.29, 0.717) is 6.04 Å². The van der Waals surface area contributed by atoms with Crippen LogP contribution in [0, 0.1) is 18.8 Å². The van der Waals surface area contributed by atoms with Crippen LogP contribution in [-0.4, -0.2) is 6.54 Å². The summed E-state index contributed by atoms with van der Waals surface area (Å²) in [5.74, 6) is 5.88. The molecule has 0 aliphatic rings. The van der Waals surface area contributed by atoms with E-state index >= 15 is 0 Å². The molecule has 0 aromatic heterocycles. The van der Waals surface area contributed by atoms with Crippen LogP contribution in [0.1, 0.15) is 31.0 Å². The van der Waals surface area contributed by atoms with E-state index in [-0.39, 0.29) is 0 Å². The van der Waals surface area contributed by atoms with Gasteiger partial charge in [0, 0.05) is 6.04 Å². The number of nitrogens with one attached hydrogen (secondary N) is 1. The molecule has 1 N–H and O–H groups in total.